The van der Waals surface area contributed by atoms with E-state index >= 15 is 0 Å². The summed E-state index contributed by atoms with van der Waals surface area (Å²) in [6, 6.07) is 6.03. The first-order valence-electron chi connectivity index (χ1n) is 5.77. The molecule has 0 aliphatic rings. The van der Waals surface area contributed by atoms with Gasteiger partial charge in [-0.2, -0.15) is 0 Å². The first-order chi connectivity index (χ1) is 8.58. The molecule has 4 heteroatoms. The lowest BCUT2D eigenvalue weighted by Crippen LogP contribution is -2.14. The lowest BCUT2D eigenvalue weighted by Gasteiger charge is -2.05. The van der Waals surface area contributed by atoms with E-state index in [9.17, 15) is 8.78 Å². The van der Waals surface area contributed by atoms with Crippen LogP contribution in [-0.4, -0.2) is 0 Å². The molecule has 0 aliphatic heterocycles. The van der Waals surface area contributed by atoms with Gasteiger partial charge < -0.3 is 5.32 Å². The molecule has 1 aromatic heterocycles. The minimum atomic E-state index is -0.499. The SMILES string of the molecule is Cc1cc(CNCc2c(F)cccc2F)sc1C. The average Bonchev–Trinajstić information content (AvgIpc) is 2.62. The third kappa shape index (κ3) is 2.94. The maximum absolute atomic E-state index is 13.4. The standard InChI is InChI=1S/C14H15F2NS/c1-9-6-11(18-10(9)2)7-17-8-12-13(15)4-3-5-14(12)16/h3-6,17H,7-8H2,1-2H3. The Kier molecular flexibility index (Phi) is 4.09. The van der Waals surface area contributed by atoms with Gasteiger partial charge in [0.1, 0.15) is 11.6 Å². The maximum atomic E-state index is 13.4. The molecule has 0 unspecified atom stereocenters. The van der Waals surface area contributed by atoms with Crippen LogP contribution in [0.5, 0.6) is 0 Å². The molecule has 0 saturated carbocycles. The van der Waals surface area contributed by atoms with Crippen LogP contribution in [0.15, 0.2) is 24.3 Å². The van der Waals surface area contributed by atoms with Crippen molar-refractivity contribution in [1.29, 1.82) is 0 Å². The summed E-state index contributed by atoms with van der Waals surface area (Å²) in [7, 11) is 0. The van der Waals surface area contributed by atoms with Crippen molar-refractivity contribution in [3.05, 3.63) is 56.8 Å². The monoisotopic (exact) mass is 267 g/mol. The Balaban J connectivity index is 1.96. The number of thiophene rings is 1. The Labute approximate surface area is 109 Å². The highest BCUT2D eigenvalue weighted by atomic mass is 32.1. The van der Waals surface area contributed by atoms with Crippen molar-refractivity contribution >= 4 is 11.3 Å². The highest BCUT2D eigenvalue weighted by Crippen LogP contribution is 2.20. The average molecular weight is 267 g/mol. The van der Waals surface area contributed by atoms with Crippen LogP contribution in [0.3, 0.4) is 0 Å². The summed E-state index contributed by atoms with van der Waals surface area (Å²) in [5.74, 6) is -0.998. The van der Waals surface area contributed by atoms with Crippen molar-refractivity contribution in [2.75, 3.05) is 0 Å². The van der Waals surface area contributed by atoms with Crippen molar-refractivity contribution in [3.8, 4) is 0 Å². The molecule has 2 rings (SSSR count). The number of hydrogen-bond donors (Lipinski definition) is 1. The third-order valence-electron chi connectivity index (χ3n) is 2.88. The predicted molar refractivity (Wildman–Crippen MR) is 70.7 cm³/mol. The van der Waals surface area contributed by atoms with Gasteiger partial charge in [-0.15, -0.1) is 11.3 Å². The second kappa shape index (κ2) is 5.59. The Morgan fingerprint density at radius 2 is 1.78 bits per heavy atom. The van der Waals surface area contributed by atoms with Gasteiger partial charge in [-0.05, 0) is 37.6 Å². The van der Waals surface area contributed by atoms with E-state index in [0.29, 0.717) is 6.54 Å². The molecule has 1 nitrogen and oxygen atoms in total. The second-order valence-corrected chi connectivity index (χ2v) is 5.60. The zero-order valence-electron chi connectivity index (χ0n) is 10.4. The highest BCUT2D eigenvalue weighted by Gasteiger charge is 2.08. The van der Waals surface area contributed by atoms with Gasteiger partial charge >= 0.3 is 0 Å². The fraction of sp³-hybridized carbons (Fsp3) is 0.286. The molecule has 18 heavy (non-hydrogen) atoms. The molecule has 0 bridgehead atoms. The summed E-state index contributed by atoms with van der Waals surface area (Å²) in [6.07, 6.45) is 0. The van der Waals surface area contributed by atoms with Gasteiger partial charge in [0.15, 0.2) is 0 Å². The normalized spacial score (nSPS) is 10.9. The molecule has 1 aromatic carbocycles. The van der Waals surface area contributed by atoms with Crippen LogP contribution in [0, 0.1) is 25.5 Å². The lowest BCUT2D eigenvalue weighted by atomic mass is 10.2. The first-order valence-corrected chi connectivity index (χ1v) is 6.59. The molecule has 0 fully saturated rings. The molecular formula is C14H15F2NS. The largest absolute Gasteiger partial charge is 0.308 e. The van der Waals surface area contributed by atoms with Gasteiger partial charge in [0.05, 0.1) is 0 Å². The van der Waals surface area contributed by atoms with Gasteiger partial charge in [-0.1, -0.05) is 6.07 Å². The zero-order chi connectivity index (χ0) is 13.1. The van der Waals surface area contributed by atoms with Crippen LogP contribution in [0.2, 0.25) is 0 Å². The minimum Gasteiger partial charge on any atom is -0.308 e. The molecule has 2 aromatic rings. The molecule has 0 radical (unpaired) electrons. The molecule has 0 spiro atoms. The number of halogens is 2. The van der Waals surface area contributed by atoms with Crippen molar-refractivity contribution in [3.63, 3.8) is 0 Å². The Bertz CT molecular complexity index is 509. The molecular weight excluding hydrogens is 252 g/mol. The smallest absolute Gasteiger partial charge is 0.130 e. The van der Waals surface area contributed by atoms with E-state index in [1.54, 1.807) is 11.3 Å². The minimum absolute atomic E-state index is 0.0995. The third-order valence-corrected chi connectivity index (χ3v) is 4.03. The quantitative estimate of drug-likeness (QED) is 0.885. The van der Waals surface area contributed by atoms with Gasteiger partial charge in [0.25, 0.3) is 0 Å². The molecule has 96 valence electrons. The molecule has 0 aliphatic carbocycles. The van der Waals surface area contributed by atoms with Crippen molar-refractivity contribution in [2.24, 2.45) is 0 Å². The van der Waals surface area contributed by atoms with Gasteiger partial charge in [-0.25, -0.2) is 8.78 Å². The topological polar surface area (TPSA) is 12.0 Å². The summed E-state index contributed by atoms with van der Waals surface area (Å²) in [4.78, 5) is 2.46. The van der Waals surface area contributed by atoms with E-state index in [1.807, 2.05) is 0 Å². The van der Waals surface area contributed by atoms with Crippen molar-refractivity contribution in [2.45, 2.75) is 26.9 Å². The summed E-state index contributed by atoms with van der Waals surface area (Å²) < 4.78 is 26.7. The molecule has 1 heterocycles. The zero-order valence-corrected chi connectivity index (χ0v) is 11.2. The highest BCUT2D eigenvalue weighted by molar-refractivity contribution is 7.12. The second-order valence-electron chi connectivity index (χ2n) is 4.26. The van der Waals surface area contributed by atoms with E-state index in [2.05, 4.69) is 25.2 Å². The molecule has 0 saturated heterocycles. The van der Waals surface area contributed by atoms with Crippen LogP contribution in [0.25, 0.3) is 0 Å². The Morgan fingerprint density at radius 1 is 1.11 bits per heavy atom. The van der Waals surface area contributed by atoms with Crippen LogP contribution < -0.4 is 5.32 Å². The van der Waals surface area contributed by atoms with Crippen LogP contribution in [0.1, 0.15) is 20.9 Å². The Hall–Kier alpha value is -1.26. The summed E-state index contributed by atoms with van der Waals surface area (Å²) in [5, 5.41) is 3.07. The van der Waals surface area contributed by atoms with E-state index in [0.717, 1.165) is 0 Å². The lowest BCUT2D eigenvalue weighted by molar-refractivity contribution is 0.536. The fourth-order valence-electron chi connectivity index (χ4n) is 1.75. The number of hydrogen-bond acceptors (Lipinski definition) is 2. The van der Waals surface area contributed by atoms with Crippen LogP contribution >= 0.6 is 11.3 Å². The van der Waals surface area contributed by atoms with E-state index in [4.69, 9.17) is 0 Å². The van der Waals surface area contributed by atoms with Crippen LogP contribution in [0.4, 0.5) is 8.78 Å². The fourth-order valence-corrected chi connectivity index (χ4v) is 2.77. The number of benzene rings is 1. The predicted octanol–water partition coefficient (Wildman–Crippen LogP) is 3.93. The van der Waals surface area contributed by atoms with Gasteiger partial charge in [0, 0.05) is 28.4 Å². The van der Waals surface area contributed by atoms with Crippen LogP contribution in [-0.2, 0) is 13.1 Å². The summed E-state index contributed by atoms with van der Waals surface area (Å²) in [5.41, 5.74) is 1.36. The summed E-state index contributed by atoms with van der Waals surface area (Å²) >= 11 is 1.71. The molecule has 1 N–H and O–H groups in total. The number of rotatable bonds is 4. The van der Waals surface area contributed by atoms with E-state index in [1.165, 1.54) is 33.5 Å². The maximum Gasteiger partial charge on any atom is 0.130 e. The number of aryl methyl sites for hydroxylation is 2. The van der Waals surface area contributed by atoms with E-state index in [-0.39, 0.29) is 12.1 Å². The van der Waals surface area contributed by atoms with Crippen molar-refractivity contribution < 1.29 is 8.78 Å². The van der Waals surface area contributed by atoms with Gasteiger partial charge in [-0.3, -0.25) is 0 Å². The van der Waals surface area contributed by atoms with E-state index < -0.39 is 11.6 Å². The molecule has 0 atom stereocenters. The molecule has 0 amide bonds. The first kappa shape index (κ1) is 13.2. The van der Waals surface area contributed by atoms with Crippen molar-refractivity contribution in [1.82, 2.24) is 5.32 Å². The van der Waals surface area contributed by atoms with Gasteiger partial charge in [0.2, 0.25) is 0 Å². The Morgan fingerprint density at radius 3 is 2.33 bits per heavy atom. The summed E-state index contributed by atoms with van der Waals surface area (Å²) in [6.45, 7) is 4.97. The number of nitrogens with one attached hydrogen (secondary N) is 1.